The van der Waals surface area contributed by atoms with Crippen LogP contribution in [0.2, 0.25) is 0 Å². The molecule has 2 aliphatic rings. The number of anilines is 1. The Balaban J connectivity index is 1.25. The van der Waals surface area contributed by atoms with Gasteiger partial charge in [0.05, 0.1) is 24.1 Å². The lowest BCUT2D eigenvalue weighted by atomic mass is 9.73. The predicted molar refractivity (Wildman–Crippen MR) is 106 cm³/mol. The molecule has 1 saturated heterocycles. The maximum absolute atomic E-state index is 13.8. The van der Waals surface area contributed by atoms with Crippen LogP contribution < -0.4 is 10.6 Å². The molecule has 0 aliphatic carbocycles. The van der Waals surface area contributed by atoms with Crippen LogP contribution in [0.1, 0.15) is 24.6 Å². The minimum atomic E-state index is -0.243. The zero-order valence-corrected chi connectivity index (χ0v) is 16.1. The Labute approximate surface area is 167 Å². The third kappa shape index (κ3) is 2.97. The number of aromatic nitrogens is 4. The van der Waals surface area contributed by atoms with E-state index >= 15 is 0 Å². The molecule has 8 heteroatoms. The molecule has 0 amide bonds. The van der Waals surface area contributed by atoms with Crippen molar-refractivity contribution in [2.45, 2.75) is 35.3 Å². The summed E-state index contributed by atoms with van der Waals surface area (Å²) in [6, 6.07) is 8.77. The van der Waals surface area contributed by atoms with Gasteiger partial charge in [0.2, 0.25) is 0 Å². The predicted octanol–water partition coefficient (Wildman–Crippen LogP) is 3.26. The van der Waals surface area contributed by atoms with Crippen LogP contribution in [-0.4, -0.2) is 32.8 Å². The lowest BCUT2D eigenvalue weighted by Crippen LogP contribution is -2.45. The maximum Gasteiger partial charge on any atom is 0.147 e. The van der Waals surface area contributed by atoms with Crippen molar-refractivity contribution in [1.82, 2.24) is 19.7 Å². The molecule has 2 aliphatic heterocycles. The zero-order chi connectivity index (χ0) is 19.1. The van der Waals surface area contributed by atoms with Gasteiger partial charge >= 0.3 is 0 Å². The Bertz CT molecular complexity index is 980. The number of nitrogens with zero attached hydrogens (tertiary/aromatic N) is 5. The standard InChI is InChI=1S/C20H21FN6S/c21-14-3-1-2-4-16(14)28-18-12-23-17(11-24-18)26-9-6-20(7-10-26)13-27-15(19(20)22)5-8-25-27/h1-5,8,11-12,19H,6-7,9-10,13,22H2/t19-/m1/s1. The normalized spacial score (nSPS) is 20.5. The van der Waals surface area contributed by atoms with E-state index in [4.69, 9.17) is 5.73 Å². The van der Waals surface area contributed by atoms with Gasteiger partial charge in [-0.15, -0.1) is 0 Å². The molecule has 2 N–H and O–H groups in total. The van der Waals surface area contributed by atoms with E-state index in [0.717, 1.165) is 44.0 Å². The van der Waals surface area contributed by atoms with Crippen LogP contribution in [0, 0.1) is 11.2 Å². The molecule has 1 aromatic carbocycles. The number of benzene rings is 1. The molecule has 144 valence electrons. The summed E-state index contributed by atoms with van der Waals surface area (Å²) in [6.07, 6.45) is 7.33. The molecule has 2 aromatic heterocycles. The van der Waals surface area contributed by atoms with Crippen molar-refractivity contribution in [1.29, 1.82) is 0 Å². The number of piperidine rings is 1. The Morgan fingerprint density at radius 3 is 2.64 bits per heavy atom. The average Bonchev–Trinajstić information content (AvgIpc) is 3.27. The Morgan fingerprint density at radius 1 is 1.11 bits per heavy atom. The largest absolute Gasteiger partial charge is 0.355 e. The second-order valence-electron chi connectivity index (χ2n) is 7.49. The smallest absolute Gasteiger partial charge is 0.147 e. The second kappa shape index (κ2) is 6.86. The fourth-order valence-electron chi connectivity index (χ4n) is 4.27. The summed E-state index contributed by atoms with van der Waals surface area (Å²) in [6.45, 7) is 2.69. The van der Waals surface area contributed by atoms with Gasteiger partial charge in [0.15, 0.2) is 0 Å². The van der Waals surface area contributed by atoms with Crippen LogP contribution in [0.4, 0.5) is 10.2 Å². The van der Waals surface area contributed by atoms with E-state index in [9.17, 15) is 4.39 Å². The minimum absolute atomic E-state index is 0.0442. The summed E-state index contributed by atoms with van der Waals surface area (Å²) in [7, 11) is 0. The fraction of sp³-hybridized carbons (Fsp3) is 0.350. The molecule has 0 bridgehead atoms. The van der Waals surface area contributed by atoms with Crippen LogP contribution in [0.25, 0.3) is 0 Å². The van der Waals surface area contributed by atoms with Crippen molar-refractivity contribution in [2.75, 3.05) is 18.0 Å². The van der Waals surface area contributed by atoms with Gasteiger partial charge in [-0.1, -0.05) is 23.9 Å². The van der Waals surface area contributed by atoms with Gasteiger partial charge in [0.1, 0.15) is 16.7 Å². The topological polar surface area (TPSA) is 72.9 Å². The number of halogens is 1. The van der Waals surface area contributed by atoms with E-state index < -0.39 is 0 Å². The van der Waals surface area contributed by atoms with Gasteiger partial charge < -0.3 is 10.6 Å². The Morgan fingerprint density at radius 2 is 1.93 bits per heavy atom. The fourth-order valence-corrected chi connectivity index (χ4v) is 5.01. The molecule has 1 spiro atoms. The van der Waals surface area contributed by atoms with Crippen molar-refractivity contribution in [3.63, 3.8) is 0 Å². The lowest BCUT2D eigenvalue weighted by Gasteiger charge is -2.41. The second-order valence-corrected chi connectivity index (χ2v) is 8.55. The van der Waals surface area contributed by atoms with Gasteiger partial charge in [0, 0.05) is 36.1 Å². The van der Waals surface area contributed by atoms with Gasteiger partial charge in [-0.3, -0.25) is 4.68 Å². The number of hydrogen-bond donors (Lipinski definition) is 1. The zero-order valence-electron chi connectivity index (χ0n) is 15.3. The highest BCUT2D eigenvalue weighted by Crippen LogP contribution is 2.47. The third-order valence-electron chi connectivity index (χ3n) is 5.94. The first kappa shape index (κ1) is 17.6. The van der Waals surface area contributed by atoms with Crippen molar-refractivity contribution >= 4 is 17.6 Å². The summed E-state index contributed by atoms with van der Waals surface area (Å²) >= 11 is 1.29. The lowest BCUT2D eigenvalue weighted by molar-refractivity contribution is 0.170. The van der Waals surface area contributed by atoms with Crippen LogP contribution in [-0.2, 0) is 6.54 Å². The summed E-state index contributed by atoms with van der Waals surface area (Å²) in [5, 5.41) is 5.08. The first-order chi connectivity index (χ1) is 13.6. The molecule has 0 unspecified atom stereocenters. The van der Waals surface area contributed by atoms with Crippen LogP contribution in [0.15, 0.2) is 58.8 Å². The van der Waals surface area contributed by atoms with E-state index in [-0.39, 0.29) is 17.3 Å². The molecule has 0 radical (unpaired) electrons. The highest BCUT2D eigenvalue weighted by molar-refractivity contribution is 7.99. The van der Waals surface area contributed by atoms with Gasteiger partial charge in [-0.25, -0.2) is 14.4 Å². The van der Waals surface area contributed by atoms with Gasteiger partial charge in [-0.2, -0.15) is 5.10 Å². The van der Waals surface area contributed by atoms with E-state index in [1.807, 2.05) is 18.3 Å². The quantitative estimate of drug-likeness (QED) is 0.733. The highest BCUT2D eigenvalue weighted by atomic mass is 32.2. The summed E-state index contributed by atoms with van der Waals surface area (Å²) in [5.74, 6) is 0.615. The molecule has 4 heterocycles. The first-order valence-corrected chi connectivity index (χ1v) is 10.2. The van der Waals surface area contributed by atoms with Crippen molar-refractivity contribution in [3.05, 3.63) is 60.4 Å². The minimum Gasteiger partial charge on any atom is -0.355 e. The van der Waals surface area contributed by atoms with Crippen molar-refractivity contribution < 1.29 is 4.39 Å². The van der Waals surface area contributed by atoms with E-state index in [0.29, 0.717) is 9.92 Å². The highest BCUT2D eigenvalue weighted by Gasteiger charge is 2.46. The van der Waals surface area contributed by atoms with Crippen LogP contribution >= 0.6 is 11.8 Å². The molecule has 5 rings (SSSR count). The molecule has 0 saturated carbocycles. The van der Waals surface area contributed by atoms with Crippen molar-refractivity contribution in [3.8, 4) is 0 Å². The molecule has 1 fully saturated rings. The molecule has 3 aromatic rings. The van der Waals surface area contributed by atoms with Crippen LogP contribution in [0.5, 0.6) is 0 Å². The average molecular weight is 396 g/mol. The first-order valence-electron chi connectivity index (χ1n) is 9.41. The molecule has 1 atom stereocenters. The van der Waals surface area contributed by atoms with Crippen molar-refractivity contribution in [2.24, 2.45) is 11.1 Å². The van der Waals surface area contributed by atoms with Gasteiger partial charge in [-0.05, 0) is 31.0 Å². The number of hydrogen-bond acceptors (Lipinski definition) is 6. The van der Waals surface area contributed by atoms with Gasteiger partial charge in [0.25, 0.3) is 0 Å². The Hall–Kier alpha value is -2.45. The molecular weight excluding hydrogens is 375 g/mol. The SMILES string of the molecule is N[C@@H]1c2ccnn2CC12CCN(c1cnc(Sc3ccccc3F)cn1)CC2. The molecule has 6 nitrogen and oxygen atoms in total. The van der Waals surface area contributed by atoms with E-state index in [2.05, 4.69) is 24.6 Å². The molecule has 28 heavy (non-hydrogen) atoms. The number of rotatable bonds is 3. The molecular formula is C20H21FN6S. The monoisotopic (exact) mass is 396 g/mol. The van der Waals surface area contributed by atoms with E-state index in [1.165, 1.54) is 17.8 Å². The summed E-state index contributed by atoms with van der Waals surface area (Å²) in [5.41, 5.74) is 7.78. The number of fused-ring (bicyclic) bond motifs is 1. The third-order valence-corrected chi connectivity index (χ3v) is 6.91. The summed E-state index contributed by atoms with van der Waals surface area (Å²) < 4.78 is 15.9. The van der Waals surface area contributed by atoms with E-state index in [1.54, 1.807) is 24.5 Å². The number of nitrogens with two attached hydrogens (primary N) is 1. The van der Waals surface area contributed by atoms with Crippen LogP contribution in [0.3, 0.4) is 0 Å². The summed E-state index contributed by atoms with van der Waals surface area (Å²) in [4.78, 5) is 11.8. The Kier molecular flexibility index (Phi) is 4.32. The maximum atomic E-state index is 13.8.